The van der Waals surface area contributed by atoms with Crippen molar-refractivity contribution in [1.29, 1.82) is 0 Å². The zero-order valence-electron chi connectivity index (χ0n) is 10.7. The van der Waals surface area contributed by atoms with E-state index >= 15 is 0 Å². The standard InChI is InChI=1S/C13H14Br2N2O3/c1-6-2-7(6)5-16-13(20)17-11-9(12(18)19)3-8(14)4-10(11)15/h3-4,6-7H,2,5H2,1H3,(H,18,19)(H2,16,17,20). The van der Waals surface area contributed by atoms with Gasteiger partial charge < -0.3 is 15.7 Å². The van der Waals surface area contributed by atoms with Gasteiger partial charge in [0.05, 0.1) is 11.3 Å². The highest BCUT2D eigenvalue weighted by Gasteiger charge is 2.32. The minimum absolute atomic E-state index is 0.0289. The lowest BCUT2D eigenvalue weighted by Gasteiger charge is -2.12. The fourth-order valence-electron chi connectivity index (χ4n) is 1.93. The van der Waals surface area contributed by atoms with E-state index in [2.05, 4.69) is 49.4 Å². The molecular formula is C13H14Br2N2O3. The summed E-state index contributed by atoms with van der Waals surface area (Å²) in [6, 6.07) is 2.74. The zero-order valence-corrected chi connectivity index (χ0v) is 13.9. The molecule has 20 heavy (non-hydrogen) atoms. The van der Waals surface area contributed by atoms with Crippen molar-refractivity contribution in [3.05, 3.63) is 26.6 Å². The lowest BCUT2D eigenvalue weighted by molar-refractivity contribution is 0.0698. The molecule has 1 fully saturated rings. The smallest absolute Gasteiger partial charge is 0.337 e. The molecule has 7 heteroatoms. The van der Waals surface area contributed by atoms with Gasteiger partial charge in [-0.15, -0.1) is 0 Å². The summed E-state index contributed by atoms with van der Waals surface area (Å²) in [6.45, 7) is 2.75. The first-order valence-corrected chi connectivity index (χ1v) is 7.74. The van der Waals surface area contributed by atoms with E-state index in [9.17, 15) is 14.7 Å². The predicted molar refractivity (Wildman–Crippen MR) is 83.1 cm³/mol. The van der Waals surface area contributed by atoms with Gasteiger partial charge >= 0.3 is 12.0 Å². The third kappa shape index (κ3) is 3.73. The maximum absolute atomic E-state index is 11.8. The van der Waals surface area contributed by atoms with Crippen molar-refractivity contribution in [3.8, 4) is 0 Å². The fraction of sp³-hybridized carbons (Fsp3) is 0.385. The summed E-state index contributed by atoms with van der Waals surface area (Å²) in [5.74, 6) is 0.0930. The second-order valence-electron chi connectivity index (χ2n) is 4.92. The summed E-state index contributed by atoms with van der Waals surface area (Å²) in [6.07, 6.45) is 1.13. The topological polar surface area (TPSA) is 78.4 Å². The Balaban J connectivity index is 2.07. The van der Waals surface area contributed by atoms with Crippen molar-refractivity contribution in [2.75, 3.05) is 11.9 Å². The van der Waals surface area contributed by atoms with Crippen LogP contribution in [0.2, 0.25) is 0 Å². The second-order valence-corrected chi connectivity index (χ2v) is 6.69. The van der Waals surface area contributed by atoms with Crippen LogP contribution >= 0.6 is 31.9 Å². The first kappa shape index (κ1) is 15.3. The molecule has 3 N–H and O–H groups in total. The molecule has 0 spiro atoms. The number of urea groups is 1. The molecule has 1 aliphatic carbocycles. The highest BCUT2D eigenvalue weighted by molar-refractivity contribution is 9.11. The minimum Gasteiger partial charge on any atom is -0.478 e. The average molecular weight is 406 g/mol. The monoisotopic (exact) mass is 404 g/mol. The van der Waals surface area contributed by atoms with Crippen LogP contribution in [-0.2, 0) is 0 Å². The van der Waals surface area contributed by atoms with Crippen molar-refractivity contribution in [2.24, 2.45) is 11.8 Å². The van der Waals surface area contributed by atoms with Crippen LogP contribution in [0.15, 0.2) is 21.1 Å². The number of amides is 2. The molecule has 1 saturated carbocycles. The summed E-state index contributed by atoms with van der Waals surface area (Å²) in [5, 5.41) is 14.5. The fourth-order valence-corrected chi connectivity index (χ4v) is 3.26. The van der Waals surface area contributed by atoms with Gasteiger partial charge in [0.25, 0.3) is 0 Å². The summed E-state index contributed by atoms with van der Waals surface area (Å²) in [7, 11) is 0. The first-order chi connectivity index (χ1) is 9.38. The largest absolute Gasteiger partial charge is 0.478 e. The molecule has 2 amide bonds. The molecular weight excluding hydrogens is 392 g/mol. The highest BCUT2D eigenvalue weighted by atomic mass is 79.9. The van der Waals surface area contributed by atoms with Crippen molar-refractivity contribution < 1.29 is 14.7 Å². The Labute approximate surface area is 133 Å². The Hall–Kier alpha value is -1.08. The molecule has 1 aliphatic rings. The minimum atomic E-state index is -1.10. The van der Waals surface area contributed by atoms with Gasteiger partial charge in [0.2, 0.25) is 0 Å². The van der Waals surface area contributed by atoms with Gasteiger partial charge in [0.1, 0.15) is 0 Å². The molecule has 2 atom stereocenters. The van der Waals surface area contributed by atoms with Gasteiger partial charge in [-0.1, -0.05) is 22.9 Å². The molecule has 5 nitrogen and oxygen atoms in total. The number of carboxylic acid groups (broad SMARTS) is 1. The van der Waals surface area contributed by atoms with Crippen LogP contribution in [0, 0.1) is 11.8 Å². The van der Waals surface area contributed by atoms with Crippen LogP contribution in [0.5, 0.6) is 0 Å². The number of rotatable bonds is 4. The third-order valence-corrected chi connectivity index (χ3v) is 4.41. The predicted octanol–water partition coefficient (Wildman–Crippen LogP) is 3.69. The molecule has 0 aliphatic heterocycles. The molecule has 0 heterocycles. The Kier molecular flexibility index (Phi) is 4.70. The molecule has 0 aromatic heterocycles. The van der Waals surface area contributed by atoms with Crippen LogP contribution in [0.3, 0.4) is 0 Å². The normalized spacial score (nSPS) is 20.4. The van der Waals surface area contributed by atoms with E-state index in [1.54, 1.807) is 6.07 Å². The van der Waals surface area contributed by atoms with Crippen molar-refractivity contribution in [1.82, 2.24) is 5.32 Å². The van der Waals surface area contributed by atoms with Gasteiger partial charge in [0.15, 0.2) is 0 Å². The molecule has 0 bridgehead atoms. The number of hydrogen-bond donors (Lipinski definition) is 3. The van der Waals surface area contributed by atoms with E-state index in [1.807, 2.05) is 0 Å². The summed E-state index contributed by atoms with van der Waals surface area (Å²) < 4.78 is 1.14. The van der Waals surface area contributed by atoms with Gasteiger partial charge in [-0.2, -0.15) is 0 Å². The Morgan fingerprint density at radius 1 is 1.40 bits per heavy atom. The van der Waals surface area contributed by atoms with Gasteiger partial charge in [-0.3, -0.25) is 0 Å². The number of hydrogen-bond acceptors (Lipinski definition) is 2. The van der Waals surface area contributed by atoms with Gasteiger partial charge in [0, 0.05) is 15.5 Å². The number of halogens is 2. The van der Waals surface area contributed by atoms with Crippen LogP contribution < -0.4 is 10.6 Å². The van der Waals surface area contributed by atoms with E-state index in [1.165, 1.54) is 6.07 Å². The molecule has 1 aromatic carbocycles. The lowest BCUT2D eigenvalue weighted by atomic mass is 10.2. The van der Waals surface area contributed by atoms with Gasteiger partial charge in [-0.05, 0) is 46.3 Å². The summed E-state index contributed by atoms with van der Waals surface area (Å²) in [5.41, 5.74) is 0.281. The van der Waals surface area contributed by atoms with Crippen molar-refractivity contribution in [2.45, 2.75) is 13.3 Å². The molecule has 1 aromatic rings. The molecule has 2 rings (SSSR count). The van der Waals surface area contributed by atoms with Crippen LogP contribution in [0.4, 0.5) is 10.5 Å². The Bertz CT molecular complexity index is 563. The van der Waals surface area contributed by atoms with E-state index < -0.39 is 12.0 Å². The SMILES string of the molecule is CC1CC1CNC(=O)Nc1c(Br)cc(Br)cc1C(=O)O. The maximum Gasteiger partial charge on any atom is 0.337 e. The molecule has 0 radical (unpaired) electrons. The van der Waals surface area contributed by atoms with E-state index in [0.717, 1.165) is 6.42 Å². The number of nitrogens with one attached hydrogen (secondary N) is 2. The van der Waals surface area contributed by atoms with Crippen molar-refractivity contribution >= 4 is 49.5 Å². The van der Waals surface area contributed by atoms with E-state index in [4.69, 9.17) is 0 Å². The number of anilines is 1. The third-order valence-electron chi connectivity index (χ3n) is 3.32. The molecule has 0 saturated heterocycles. The second kappa shape index (κ2) is 6.13. The quantitative estimate of drug-likeness (QED) is 0.714. The average Bonchev–Trinajstić information content (AvgIpc) is 3.05. The zero-order chi connectivity index (χ0) is 14.9. The summed E-state index contributed by atoms with van der Waals surface area (Å²) in [4.78, 5) is 23.0. The summed E-state index contributed by atoms with van der Waals surface area (Å²) >= 11 is 6.49. The van der Waals surface area contributed by atoms with Crippen molar-refractivity contribution in [3.63, 3.8) is 0 Å². The van der Waals surface area contributed by atoms with E-state index in [-0.39, 0.29) is 11.3 Å². The number of carboxylic acids is 1. The number of aromatic carboxylic acids is 1. The molecule has 2 unspecified atom stereocenters. The van der Waals surface area contributed by atoms with E-state index in [0.29, 0.717) is 27.3 Å². The van der Waals surface area contributed by atoms with Crippen LogP contribution in [-0.4, -0.2) is 23.7 Å². The highest BCUT2D eigenvalue weighted by Crippen LogP contribution is 2.36. The number of carbonyl (C=O) groups excluding carboxylic acids is 1. The lowest BCUT2D eigenvalue weighted by Crippen LogP contribution is -2.31. The van der Waals surface area contributed by atoms with Gasteiger partial charge in [-0.25, -0.2) is 9.59 Å². The number of carbonyl (C=O) groups is 2. The molecule has 108 valence electrons. The maximum atomic E-state index is 11.8. The number of benzene rings is 1. The van der Waals surface area contributed by atoms with Crippen LogP contribution in [0.25, 0.3) is 0 Å². The Morgan fingerprint density at radius 2 is 2.05 bits per heavy atom. The first-order valence-electron chi connectivity index (χ1n) is 6.15. The Morgan fingerprint density at radius 3 is 2.60 bits per heavy atom. The van der Waals surface area contributed by atoms with Crippen LogP contribution in [0.1, 0.15) is 23.7 Å².